The van der Waals surface area contributed by atoms with Gasteiger partial charge < -0.3 is 10.2 Å². The highest BCUT2D eigenvalue weighted by atomic mass is 32.1. The van der Waals surface area contributed by atoms with E-state index in [4.69, 9.17) is 4.98 Å². The largest absolute Gasteiger partial charge is 0.333 e. The highest BCUT2D eigenvalue weighted by molar-refractivity contribution is 7.18. The molecule has 0 aliphatic carbocycles. The lowest BCUT2D eigenvalue weighted by molar-refractivity contribution is -0.133. The third-order valence-electron chi connectivity index (χ3n) is 5.07. The molecule has 4 rings (SSSR count). The van der Waals surface area contributed by atoms with Crippen LogP contribution in [0.1, 0.15) is 42.3 Å². The van der Waals surface area contributed by atoms with Gasteiger partial charge in [-0.25, -0.2) is 4.98 Å². The van der Waals surface area contributed by atoms with Crippen molar-refractivity contribution < 1.29 is 9.59 Å². The lowest BCUT2D eigenvalue weighted by Gasteiger charge is -2.23. The van der Waals surface area contributed by atoms with Gasteiger partial charge in [-0.05, 0) is 44.0 Å². The predicted octanol–water partition coefficient (Wildman–Crippen LogP) is 4.69. The summed E-state index contributed by atoms with van der Waals surface area (Å²) in [6.07, 6.45) is 2.32. The van der Waals surface area contributed by atoms with Gasteiger partial charge in [-0.2, -0.15) is 0 Å². The van der Waals surface area contributed by atoms with Crippen LogP contribution in [0.2, 0.25) is 0 Å². The molecular formula is C22H23N3O2S. The fourth-order valence-electron chi connectivity index (χ4n) is 3.58. The second-order valence-corrected chi connectivity index (χ2v) is 8.24. The Kier molecular flexibility index (Phi) is 5.39. The Morgan fingerprint density at radius 2 is 1.93 bits per heavy atom. The molecule has 0 radical (unpaired) electrons. The number of amides is 2. The second kappa shape index (κ2) is 8.10. The maximum absolute atomic E-state index is 12.8. The Labute approximate surface area is 168 Å². The average Bonchev–Trinajstić information content (AvgIpc) is 3.34. The van der Waals surface area contributed by atoms with Crippen LogP contribution in [0.25, 0.3) is 10.2 Å². The summed E-state index contributed by atoms with van der Waals surface area (Å²) in [4.78, 5) is 31.6. The summed E-state index contributed by atoms with van der Waals surface area (Å²) >= 11 is 1.66. The molecule has 6 heteroatoms. The van der Waals surface area contributed by atoms with Gasteiger partial charge in [0.15, 0.2) is 0 Å². The first kappa shape index (κ1) is 18.6. The maximum atomic E-state index is 12.8. The van der Waals surface area contributed by atoms with E-state index < -0.39 is 0 Å². The molecule has 5 nitrogen and oxygen atoms in total. The highest BCUT2D eigenvalue weighted by Crippen LogP contribution is 2.36. The molecule has 1 aliphatic heterocycles. The normalized spacial score (nSPS) is 16.5. The first-order valence-corrected chi connectivity index (χ1v) is 10.4. The van der Waals surface area contributed by atoms with Gasteiger partial charge in [0.05, 0.1) is 16.3 Å². The number of aromatic nitrogens is 1. The number of thiazole rings is 1. The van der Waals surface area contributed by atoms with Crippen molar-refractivity contribution in [1.29, 1.82) is 0 Å². The van der Waals surface area contributed by atoms with Crippen molar-refractivity contribution in [1.82, 2.24) is 9.88 Å². The topological polar surface area (TPSA) is 62.3 Å². The van der Waals surface area contributed by atoms with Crippen LogP contribution in [0.3, 0.4) is 0 Å². The second-order valence-electron chi connectivity index (χ2n) is 7.18. The molecule has 2 heterocycles. The van der Waals surface area contributed by atoms with E-state index in [-0.39, 0.29) is 30.7 Å². The number of rotatable bonds is 5. The smallest absolute Gasteiger partial charge is 0.224 e. The number of likely N-dealkylation sites (tertiary alicyclic amines) is 1. The summed E-state index contributed by atoms with van der Waals surface area (Å²) in [5.74, 6) is -0.103. The molecule has 2 amide bonds. The fraction of sp³-hybridized carbons (Fsp3) is 0.318. The molecule has 1 fully saturated rings. The molecule has 1 aliphatic rings. The monoisotopic (exact) mass is 393 g/mol. The van der Waals surface area contributed by atoms with Crippen molar-refractivity contribution in [2.45, 2.75) is 38.6 Å². The molecule has 1 N–H and O–H groups in total. The molecule has 1 saturated heterocycles. The number of carbonyl (C=O) groups excluding carboxylic acids is 2. The molecule has 0 bridgehead atoms. The van der Waals surface area contributed by atoms with Gasteiger partial charge in [0.2, 0.25) is 11.8 Å². The zero-order chi connectivity index (χ0) is 19.5. The zero-order valence-electron chi connectivity index (χ0n) is 15.9. The van der Waals surface area contributed by atoms with Gasteiger partial charge in [0.1, 0.15) is 5.01 Å². The average molecular weight is 394 g/mol. The molecular weight excluding hydrogens is 370 g/mol. The summed E-state index contributed by atoms with van der Waals surface area (Å²) in [5, 5.41) is 3.85. The lowest BCUT2D eigenvalue weighted by atomic mass is 10.2. The number of anilines is 1. The van der Waals surface area contributed by atoms with Gasteiger partial charge in [-0.3, -0.25) is 9.59 Å². The van der Waals surface area contributed by atoms with Crippen LogP contribution in [0, 0.1) is 6.92 Å². The van der Waals surface area contributed by atoms with Gasteiger partial charge in [0.25, 0.3) is 0 Å². The van der Waals surface area contributed by atoms with E-state index >= 15 is 0 Å². The summed E-state index contributed by atoms with van der Waals surface area (Å²) in [5.41, 5.74) is 2.89. The molecule has 1 aromatic heterocycles. The number of fused-ring (bicyclic) bond motifs is 1. The van der Waals surface area contributed by atoms with Crippen LogP contribution in [-0.2, 0) is 9.59 Å². The van der Waals surface area contributed by atoms with Gasteiger partial charge >= 0.3 is 0 Å². The van der Waals surface area contributed by atoms with E-state index in [9.17, 15) is 9.59 Å². The third kappa shape index (κ3) is 4.07. The standard InChI is InChI=1S/C22H23N3O2S/c1-15-8-10-16(11-9-15)23-20(26)12-13-21(27)25-14-4-6-18(25)22-24-17-5-2-3-7-19(17)28-22/h2-3,5,7-11,18H,4,6,12-14H2,1H3,(H,23,26)/t18-/m1/s1. The number of aryl methyl sites for hydroxylation is 1. The van der Waals surface area contributed by atoms with Crippen LogP contribution in [0.4, 0.5) is 5.69 Å². The minimum Gasteiger partial charge on any atom is -0.333 e. The summed E-state index contributed by atoms with van der Waals surface area (Å²) in [6.45, 7) is 2.74. The number of carbonyl (C=O) groups is 2. The maximum Gasteiger partial charge on any atom is 0.224 e. The molecule has 3 aromatic rings. The molecule has 0 unspecified atom stereocenters. The van der Waals surface area contributed by atoms with Crippen molar-refractivity contribution in [2.75, 3.05) is 11.9 Å². The first-order chi connectivity index (χ1) is 13.6. The van der Waals surface area contributed by atoms with Crippen LogP contribution < -0.4 is 5.32 Å². The van der Waals surface area contributed by atoms with Crippen LogP contribution >= 0.6 is 11.3 Å². The number of nitrogens with zero attached hydrogens (tertiary/aromatic N) is 2. The highest BCUT2D eigenvalue weighted by Gasteiger charge is 2.32. The first-order valence-electron chi connectivity index (χ1n) is 9.61. The quantitative estimate of drug-likeness (QED) is 0.684. The van der Waals surface area contributed by atoms with Gasteiger partial charge in [0, 0.05) is 25.1 Å². The van der Waals surface area contributed by atoms with Crippen molar-refractivity contribution in [3.8, 4) is 0 Å². The molecule has 144 valence electrons. The molecule has 1 atom stereocenters. The van der Waals surface area contributed by atoms with Crippen LogP contribution in [-0.4, -0.2) is 28.2 Å². The van der Waals surface area contributed by atoms with Crippen molar-refractivity contribution in [2.24, 2.45) is 0 Å². The van der Waals surface area contributed by atoms with Crippen LogP contribution in [0.5, 0.6) is 0 Å². The minimum absolute atomic E-state index is 0.0285. The number of nitrogens with one attached hydrogen (secondary N) is 1. The Morgan fingerprint density at radius 1 is 1.14 bits per heavy atom. The van der Waals surface area contributed by atoms with Gasteiger partial charge in [-0.1, -0.05) is 29.8 Å². The number of para-hydroxylation sites is 1. The van der Waals surface area contributed by atoms with E-state index in [0.717, 1.165) is 45.9 Å². The SMILES string of the molecule is Cc1ccc(NC(=O)CCC(=O)N2CCC[C@@H]2c2nc3ccccc3s2)cc1. The lowest BCUT2D eigenvalue weighted by Crippen LogP contribution is -2.31. The van der Waals surface area contributed by atoms with Gasteiger partial charge in [-0.15, -0.1) is 11.3 Å². The van der Waals surface area contributed by atoms with Crippen molar-refractivity contribution >= 4 is 39.1 Å². The fourth-order valence-corrected chi connectivity index (χ4v) is 4.69. The Hall–Kier alpha value is -2.73. The summed E-state index contributed by atoms with van der Waals surface area (Å²) in [7, 11) is 0. The molecule has 0 saturated carbocycles. The zero-order valence-corrected chi connectivity index (χ0v) is 16.7. The number of hydrogen-bond acceptors (Lipinski definition) is 4. The van der Waals surface area contributed by atoms with Crippen molar-refractivity contribution in [3.63, 3.8) is 0 Å². The molecule has 0 spiro atoms. The van der Waals surface area contributed by atoms with Crippen molar-refractivity contribution in [3.05, 3.63) is 59.1 Å². The molecule has 2 aromatic carbocycles. The third-order valence-corrected chi connectivity index (χ3v) is 6.21. The predicted molar refractivity (Wildman–Crippen MR) is 112 cm³/mol. The number of benzene rings is 2. The Morgan fingerprint density at radius 3 is 2.71 bits per heavy atom. The van der Waals surface area contributed by atoms with E-state index in [1.807, 2.05) is 54.3 Å². The van der Waals surface area contributed by atoms with E-state index in [2.05, 4.69) is 11.4 Å². The Balaban J connectivity index is 1.36. The van der Waals surface area contributed by atoms with E-state index in [1.54, 1.807) is 11.3 Å². The summed E-state index contributed by atoms with van der Waals surface area (Å²) < 4.78 is 1.15. The Bertz CT molecular complexity index is 963. The van der Waals surface area contributed by atoms with Crippen LogP contribution in [0.15, 0.2) is 48.5 Å². The number of hydrogen-bond donors (Lipinski definition) is 1. The van der Waals surface area contributed by atoms with E-state index in [0.29, 0.717) is 0 Å². The minimum atomic E-state index is -0.132. The molecule has 28 heavy (non-hydrogen) atoms. The van der Waals surface area contributed by atoms with E-state index in [1.165, 1.54) is 0 Å². The summed E-state index contributed by atoms with van der Waals surface area (Å²) in [6, 6.07) is 15.7.